The summed E-state index contributed by atoms with van der Waals surface area (Å²) < 4.78 is 27.2. The van der Waals surface area contributed by atoms with Crippen molar-refractivity contribution in [2.24, 2.45) is 0 Å². The highest BCUT2D eigenvalue weighted by Gasteiger charge is 2.47. The fraction of sp³-hybridized carbons (Fsp3) is 0.800. The van der Waals surface area contributed by atoms with E-state index in [1.54, 1.807) is 0 Å². The summed E-state index contributed by atoms with van der Waals surface area (Å²) in [6.07, 6.45) is -0.229. The quantitative estimate of drug-likeness (QED) is 0.563. The third-order valence-corrected chi connectivity index (χ3v) is 5.08. The maximum absolute atomic E-state index is 12.3. The van der Waals surface area contributed by atoms with Crippen molar-refractivity contribution in [2.45, 2.75) is 32.2 Å². The molecular weight excluding hydrogens is 261 g/mol. The Morgan fingerprint density at radius 1 is 1.22 bits per heavy atom. The van der Waals surface area contributed by atoms with Gasteiger partial charge in [-0.2, -0.15) is 0 Å². The first-order valence-corrected chi connectivity index (χ1v) is 7.11. The number of hydrogen-bond donors (Lipinski definition) is 0. The zero-order valence-electron chi connectivity index (χ0n) is 10.9. The Morgan fingerprint density at radius 3 is 2.17 bits per heavy atom. The van der Waals surface area contributed by atoms with Crippen molar-refractivity contribution >= 4 is 19.5 Å². The third-order valence-electron chi connectivity index (χ3n) is 2.84. The number of carbonyl (C=O) groups excluding carboxylic acids is 2. The van der Waals surface area contributed by atoms with Crippen LogP contribution >= 0.6 is 7.60 Å². The summed E-state index contributed by atoms with van der Waals surface area (Å²) in [6, 6.07) is 0. The molecule has 1 heterocycles. The summed E-state index contributed by atoms with van der Waals surface area (Å²) in [5, 5.41) is 0. The highest BCUT2D eigenvalue weighted by molar-refractivity contribution is 7.54. The zero-order chi connectivity index (χ0) is 13.9. The molecule has 0 spiro atoms. The van der Waals surface area contributed by atoms with Crippen LogP contribution in [0.2, 0.25) is 0 Å². The molecule has 0 aromatic heterocycles. The molecule has 1 amide bonds. The van der Waals surface area contributed by atoms with Crippen molar-refractivity contribution in [3.05, 3.63) is 0 Å². The second kappa shape index (κ2) is 5.82. The minimum atomic E-state index is -3.41. The van der Waals surface area contributed by atoms with E-state index < -0.39 is 25.5 Å². The van der Waals surface area contributed by atoms with E-state index >= 15 is 0 Å². The number of carbonyl (C=O) groups is 2. The van der Waals surface area contributed by atoms with E-state index in [2.05, 4.69) is 0 Å². The van der Waals surface area contributed by atoms with Crippen LogP contribution in [0.5, 0.6) is 0 Å². The van der Waals surface area contributed by atoms with E-state index in [0.29, 0.717) is 0 Å². The number of hydrogen-bond acceptors (Lipinski definition) is 6. The molecule has 7 nitrogen and oxygen atoms in total. The Hall–Kier alpha value is -0.910. The maximum Gasteiger partial charge on any atom is 0.352 e. The van der Waals surface area contributed by atoms with Crippen LogP contribution in [-0.2, 0) is 27.9 Å². The van der Waals surface area contributed by atoms with Crippen LogP contribution in [0, 0.1) is 0 Å². The van der Waals surface area contributed by atoms with Gasteiger partial charge in [-0.1, -0.05) is 0 Å². The monoisotopic (exact) mass is 279 g/mol. The van der Waals surface area contributed by atoms with Gasteiger partial charge < -0.3 is 18.7 Å². The minimum Gasteiger partial charge on any atom is -0.461 e. The van der Waals surface area contributed by atoms with Crippen molar-refractivity contribution in [3.63, 3.8) is 0 Å². The highest BCUT2D eigenvalue weighted by atomic mass is 31.2. The number of likely N-dealkylation sites (tertiary alicyclic amines) is 1. The van der Waals surface area contributed by atoms with Gasteiger partial charge in [-0.3, -0.25) is 14.2 Å². The van der Waals surface area contributed by atoms with Crippen molar-refractivity contribution < 1.29 is 27.9 Å². The molecule has 0 radical (unpaired) electrons. The lowest BCUT2D eigenvalue weighted by molar-refractivity contribution is -0.146. The summed E-state index contributed by atoms with van der Waals surface area (Å²) in [5.74, 6) is -1.41. The van der Waals surface area contributed by atoms with E-state index in [1.807, 2.05) is 0 Å². The Morgan fingerprint density at radius 2 is 1.78 bits per heavy atom. The molecule has 18 heavy (non-hydrogen) atoms. The van der Waals surface area contributed by atoms with Gasteiger partial charge in [-0.05, 0) is 0 Å². The molecule has 0 bridgehead atoms. The Labute approximate surface area is 106 Å². The summed E-state index contributed by atoms with van der Waals surface area (Å²) in [7, 11) is -0.875. The molecular formula is C10H18NO6P. The van der Waals surface area contributed by atoms with Crippen LogP contribution in [-0.4, -0.2) is 49.4 Å². The fourth-order valence-corrected chi connectivity index (χ4v) is 3.78. The molecule has 0 aromatic carbocycles. The van der Waals surface area contributed by atoms with Gasteiger partial charge in [0.15, 0.2) is 0 Å². The van der Waals surface area contributed by atoms with Gasteiger partial charge in [0.25, 0.3) is 0 Å². The number of nitrogens with zero attached hydrogens (tertiary/aromatic N) is 1. The van der Waals surface area contributed by atoms with E-state index in [1.165, 1.54) is 33.0 Å². The second-order valence-corrected chi connectivity index (χ2v) is 6.43. The SMILES string of the molecule is COP(=O)(OC)[C@H]1C[C@@H](OC(C)=O)CN1C(C)=O. The van der Waals surface area contributed by atoms with Gasteiger partial charge in [0.1, 0.15) is 11.9 Å². The van der Waals surface area contributed by atoms with Crippen LogP contribution < -0.4 is 0 Å². The number of amides is 1. The van der Waals surface area contributed by atoms with E-state index in [-0.39, 0.29) is 18.9 Å². The number of rotatable bonds is 4. The van der Waals surface area contributed by atoms with Crippen LogP contribution in [0.25, 0.3) is 0 Å². The smallest absolute Gasteiger partial charge is 0.352 e. The maximum atomic E-state index is 12.3. The van der Waals surface area contributed by atoms with Crippen molar-refractivity contribution in [3.8, 4) is 0 Å². The number of ether oxygens (including phenoxy) is 1. The van der Waals surface area contributed by atoms with Gasteiger partial charge in [-0.25, -0.2) is 0 Å². The topological polar surface area (TPSA) is 82.1 Å². The minimum absolute atomic E-state index is 0.205. The van der Waals surface area contributed by atoms with Crippen LogP contribution in [0.1, 0.15) is 20.3 Å². The first kappa shape index (κ1) is 15.1. The predicted molar refractivity (Wildman–Crippen MR) is 63.0 cm³/mol. The molecule has 0 saturated carbocycles. The first-order valence-electron chi connectivity index (χ1n) is 5.49. The van der Waals surface area contributed by atoms with Crippen LogP contribution in [0.3, 0.4) is 0 Å². The molecule has 1 fully saturated rings. The van der Waals surface area contributed by atoms with E-state index in [0.717, 1.165) is 0 Å². The number of esters is 1. The summed E-state index contributed by atoms with van der Waals surface area (Å²) in [6.45, 7) is 2.85. The molecule has 104 valence electrons. The average Bonchev–Trinajstić information content (AvgIpc) is 2.71. The van der Waals surface area contributed by atoms with Crippen molar-refractivity contribution in [1.82, 2.24) is 4.90 Å². The highest BCUT2D eigenvalue weighted by Crippen LogP contribution is 2.56. The first-order chi connectivity index (χ1) is 8.34. The largest absolute Gasteiger partial charge is 0.461 e. The normalized spacial score (nSPS) is 24.1. The summed E-state index contributed by atoms with van der Waals surface area (Å²) in [5.41, 5.74) is 0. The van der Waals surface area contributed by atoms with Crippen LogP contribution in [0.15, 0.2) is 0 Å². The van der Waals surface area contributed by atoms with Gasteiger partial charge in [0, 0.05) is 34.5 Å². The molecule has 1 aliphatic rings. The average molecular weight is 279 g/mol. The molecule has 1 aliphatic heterocycles. The summed E-state index contributed by atoms with van der Waals surface area (Å²) >= 11 is 0. The van der Waals surface area contributed by atoms with E-state index in [9.17, 15) is 14.2 Å². The zero-order valence-corrected chi connectivity index (χ0v) is 11.8. The van der Waals surface area contributed by atoms with Crippen molar-refractivity contribution in [1.29, 1.82) is 0 Å². The Bertz CT molecular complexity index is 377. The third kappa shape index (κ3) is 3.10. The summed E-state index contributed by atoms with van der Waals surface area (Å²) in [4.78, 5) is 23.8. The molecule has 2 atom stereocenters. The van der Waals surface area contributed by atoms with Crippen LogP contribution in [0.4, 0.5) is 0 Å². The molecule has 0 unspecified atom stereocenters. The molecule has 0 N–H and O–H groups in total. The molecule has 0 aromatic rings. The lowest BCUT2D eigenvalue weighted by atomic mass is 10.3. The predicted octanol–water partition coefficient (Wildman–Crippen LogP) is 0.982. The molecule has 0 aliphatic carbocycles. The standard InChI is InChI=1S/C10H18NO6P/c1-7(12)11-6-9(17-8(2)13)5-10(11)18(14,15-3)16-4/h9-10H,5-6H2,1-4H3/t9-,10+/m1/s1. The lowest BCUT2D eigenvalue weighted by Gasteiger charge is -2.27. The molecule has 8 heteroatoms. The second-order valence-electron chi connectivity index (χ2n) is 4.02. The lowest BCUT2D eigenvalue weighted by Crippen LogP contribution is -2.34. The molecule has 1 rings (SSSR count). The molecule has 1 saturated heterocycles. The van der Waals surface area contributed by atoms with E-state index in [4.69, 9.17) is 13.8 Å². The van der Waals surface area contributed by atoms with Gasteiger partial charge in [0.05, 0.1) is 6.54 Å². The van der Waals surface area contributed by atoms with Crippen molar-refractivity contribution in [2.75, 3.05) is 20.8 Å². The Kier molecular flexibility index (Phi) is 4.90. The fourth-order valence-electron chi connectivity index (χ4n) is 2.05. The Balaban J connectivity index is 2.91. The van der Waals surface area contributed by atoms with Gasteiger partial charge >= 0.3 is 13.6 Å². The van der Waals surface area contributed by atoms with Gasteiger partial charge in [-0.15, -0.1) is 0 Å². The van der Waals surface area contributed by atoms with Gasteiger partial charge in [0.2, 0.25) is 5.91 Å².